The molecule has 0 aromatic rings. The molecule has 16 heavy (non-hydrogen) atoms. The fourth-order valence-corrected chi connectivity index (χ4v) is 1.29. The maximum Gasteiger partial charge on any atom is 0.329 e. The summed E-state index contributed by atoms with van der Waals surface area (Å²) >= 11 is 0. The molecule has 0 aromatic heterocycles. The summed E-state index contributed by atoms with van der Waals surface area (Å²) < 4.78 is 4.78. The number of nitrogens with one attached hydrogen (secondary N) is 1. The summed E-state index contributed by atoms with van der Waals surface area (Å²) in [5.74, 6) is -0.946. The average Bonchev–Trinajstić information content (AvgIpc) is 2.16. The Hall–Kier alpha value is -1.39. The van der Waals surface area contributed by atoms with E-state index in [1.165, 1.54) is 6.92 Å². The third-order valence-corrected chi connectivity index (χ3v) is 1.91. The van der Waals surface area contributed by atoms with E-state index in [9.17, 15) is 14.4 Å². The van der Waals surface area contributed by atoms with Crippen LogP contribution in [0.15, 0.2) is 0 Å². The zero-order valence-electron chi connectivity index (χ0n) is 10.0. The first-order valence-corrected chi connectivity index (χ1v) is 5.46. The lowest BCUT2D eigenvalue weighted by Crippen LogP contribution is -2.42. The molecule has 0 saturated heterocycles. The van der Waals surface area contributed by atoms with Crippen molar-refractivity contribution in [3.05, 3.63) is 0 Å². The molecule has 0 heterocycles. The summed E-state index contributed by atoms with van der Waals surface area (Å²) in [6.07, 6.45) is 1.15. The molecular formula is C11H19NO4. The highest BCUT2D eigenvalue weighted by Gasteiger charge is 2.23. The van der Waals surface area contributed by atoms with Crippen molar-refractivity contribution in [2.75, 3.05) is 6.61 Å². The van der Waals surface area contributed by atoms with Gasteiger partial charge in [0.05, 0.1) is 6.61 Å². The van der Waals surface area contributed by atoms with Gasteiger partial charge in [-0.05, 0) is 13.3 Å². The van der Waals surface area contributed by atoms with Crippen LogP contribution in [0.25, 0.3) is 0 Å². The van der Waals surface area contributed by atoms with E-state index in [0.29, 0.717) is 6.42 Å². The van der Waals surface area contributed by atoms with Crippen LogP contribution in [0.5, 0.6) is 0 Å². The van der Waals surface area contributed by atoms with Gasteiger partial charge in [-0.1, -0.05) is 6.92 Å². The van der Waals surface area contributed by atoms with Gasteiger partial charge in [0.1, 0.15) is 11.8 Å². The van der Waals surface area contributed by atoms with Crippen LogP contribution in [0, 0.1) is 0 Å². The molecular weight excluding hydrogens is 210 g/mol. The number of Topliss-reactive ketones (excluding diaryl/α,β-unsaturated/α-hetero) is 1. The predicted molar refractivity (Wildman–Crippen MR) is 58.8 cm³/mol. The number of esters is 1. The van der Waals surface area contributed by atoms with Gasteiger partial charge >= 0.3 is 5.97 Å². The van der Waals surface area contributed by atoms with Crippen molar-refractivity contribution in [2.45, 2.75) is 46.1 Å². The highest BCUT2D eigenvalue weighted by Crippen LogP contribution is 2.02. The molecule has 5 heteroatoms. The zero-order chi connectivity index (χ0) is 12.6. The third-order valence-electron chi connectivity index (χ3n) is 1.91. The normalized spacial score (nSPS) is 11.7. The molecule has 1 atom stereocenters. The maximum absolute atomic E-state index is 11.4. The number of ketones is 1. The van der Waals surface area contributed by atoms with Crippen LogP contribution >= 0.6 is 0 Å². The SMILES string of the molecule is CCCC(=O)CC(NC(C)=O)C(=O)OCC. The van der Waals surface area contributed by atoms with Crippen LogP contribution in [-0.2, 0) is 19.1 Å². The minimum Gasteiger partial charge on any atom is -0.464 e. The Morgan fingerprint density at radius 2 is 1.88 bits per heavy atom. The molecule has 1 unspecified atom stereocenters. The summed E-state index contributed by atoms with van der Waals surface area (Å²) in [4.78, 5) is 33.7. The maximum atomic E-state index is 11.4. The molecule has 92 valence electrons. The second-order valence-corrected chi connectivity index (χ2v) is 3.50. The van der Waals surface area contributed by atoms with Crippen LogP contribution in [0.1, 0.15) is 40.0 Å². The molecule has 0 fully saturated rings. The van der Waals surface area contributed by atoms with Crippen LogP contribution < -0.4 is 5.32 Å². The summed E-state index contributed by atoms with van der Waals surface area (Å²) in [5, 5.41) is 2.42. The molecule has 1 N–H and O–H groups in total. The summed E-state index contributed by atoms with van der Waals surface area (Å²) in [7, 11) is 0. The van der Waals surface area contributed by atoms with Crippen molar-refractivity contribution in [3.8, 4) is 0 Å². The van der Waals surface area contributed by atoms with Crippen molar-refractivity contribution in [2.24, 2.45) is 0 Å². The number of amides is 1. The van der Waals surface area contributed by atoms with Crippen LogP contribution in [0.2, 0.25) is 0 Å². The van der Waals surface area contributed by atoms with E-state index < -0.39 is 12.0 Å². The van der Waals surface area contributed by atoms with E-state index >= 15 is 0 Å². The molecule has 0 saturated carbocycles. The van der Waals surface area contributed by atoms with Gasteiger partial charge in [-0.2, -0.15) is 0 Å². The van der Waals surface area contributed by atoms with Crippen molar-refractivity contribution in [3.63, 3.8) is 0 Å². The highest BCUT2D eigenvalue weighted by atomic mass is 16.5. The number of hydrogen-bond acceptors (Lipinski definition) is 4. The quantitative estimate of drug-likeness (QED) is 0.656. The van der Waals surface area contributed by atoms with Crippen LogP contribution in [-0.4, -0.2) is 30.3 Å². The number of hydrogen-bond donors (Lipinski definition) is 1. The second kappa shape index (κ2) is 7.84. The van der Waals surface area contributed by atoms with Crippen molar-refractivity contribution >= 4 is 17.7 Å². The van der Waals surface area contributed by atoms with E-state index in [1.807, 2.05) is 6.92 Å². The van der Waals surface area contributed by atoms with E-state index in [1.54, 1.807) is 6.92 Å². The van der Waals surface area contributed by atoms with Crippen LogP contribution in [0.3, 0.4) is 0 Å². The molecule has 0 aliphatic rings. The molecule has 0 rings (SSSR count). The fourth-order valence-electron chi connectivity index (χ4n) is 1.29. The smallest absolute Gasteiger partial charge is 0.329 e. The molecule has 0 aliphatic heterocycles. The molecule has 0 spiro atoms. The summed E-state index contributed by atoms with van der Waals surface area (Å²) in [5.41, 5.74) is 0. The lowest BCUT2D eigenvalue weighted by Gasteiger charge is -2.15. The molecule has 0 aromatic carbocycles. The minimum atomic E-state index is -0.850. The van der Waals surface area contributed by atoms with E-state index in [0.717, 1.165) is 6.42 Å². The molecule has 5 nitrogen and oxygen atoms in total. The van der Waals surface area contributed by atoms with E-state index in [2.05, 4.69) is 5.32 Å². The minimum absolute atomic E-state index is 0.00620. The Balaban J connectivity index is 4.36. The monoisotopic (exact) mass is 229 g/mol. The van der Waals surface area contributed by atoms with Crippen molar-refractivity contribution in [1.29, 1.82) is 0 Å². The van der Waals surface area contributed by atoms with Gasteiger partial charge in [0, 0.05) is 19.8 Å². The first kappa shape index (κ1) is 14.6. The number of ether oxygens (including phenoxy) is 1. The lowest BCUT2D eigenvalue weighted by molar-refractivity contribution is -0.148. The third kappa shape index (κ3) is 6.16. The van der Waals surface area contributed by atoms with Crippen molar-refractivity contribution < 1.29 is 19.1 Å². The first-order chi connectivity index (χ1) is 7.51. The van der Waals surface area contributed by atoms with Gasteiger partial charge in [-0.15, -0.1) is 0 Å². The lowest BCUT2D eigenvalue weighted by atomic mass is 10.1. The van der Waals surface area contributed by atoms with Crippen molar-refractivity contribution in [1.82, 2.24) is 5.32 Å². The summed E-state index contributed by atoms with van der Waals surface area (Å²) in [6.45, 7) is 5.10. The van der Waals surface area contributed by atoms with Gasteiger partial charge < -0.3 is 10.1 Å². The standard InChI is InChI=1S/C11H19NO4/c1-4-6-9(14)7-10(12-8(3)13)11(15)16-5-2/h10H,4-7H2,1-3H3,(H,12,13). The number of carbonyl (C=O) groups is 3. The summed E-state index contributed by atoms with van der Waals surface area (Å²) in [6, 6.07) is -0.850. The van der Waals surface area contributed by atoms with E-state index in [4.69, 9.17) is 4.74 Å². The number of carbonyl (C=O) groups excluding carboxylic acids is 3. The molecule has 0 bridgehead atoms. The Labute approximate surface area is 95.5 Å². The molecule has 0 aliphatic carbocycles. The first-order valence-electron chi connectivity index (χ1n) is 5.46. The highest BCUT2D eigenvalue weighted by molar-refractivity contribution is 5.89. The van der Waals surface area contributed by atoms with Gasteiger partial charge in [0.25, 0.3) is 0 Å². The zero-order valence-corrected chi connectivity index (χ0v) is 10.0. The predicted octanol–water partition coefficient (Wildman–Crippen LogP) is 0.813. The van der Waals surface area contributed by atoms with Gasteiger partial charge in [0.2, 0.25) is 5.91 Å². The molecule has 0 radical (unpaired) electrons. The second-order valence-electron chi connectivity index (χ2n) is 3.50. The van der Waals surface area contributed by atoms with Gasteiger partial charge in [-0.3, -0.25) is 9.59 Å². The average molecular weight is 229 g/mol. The van der Waals surface area contributed by atoms with E-state index in [-0.39, 0.29) is 24.7 Å². The topological polar surface area (TPSA) is 72.5 Å². The van der Waals surface area contributed by atoms with Gasteiger partial charge in [-0.25, -0.2) is 4.79 Å². The van der Waals surface area contributed by atoms with Gasteiger partial charge in [0.15, 0.2) is 0 Å². The van der Waals surface area contributed by atoms with Crippen LogP contribution in [0.4, 0.5) is 0 Å². The number of rotatable bonds is 7. The fraction of sp³-hybridized carbons (Fsp3) is 0.727. The Kier molecular flexibility index (Phi) is 7.16. The largest absolute Gasteiger partial charge is 0.464 e. The Bertz CT molecular complexity index is 263. The Morgan fingerprint density at radius 3 is 2.31 bits per heavy atom. The molecule has 1 amide bonds. The Morgan fingerprint density at radius 1 is 1.25 bits per heavy atom.